The van der Waals surface area contributed by atoms with Crippen LogP contribution in [0.25, 0.3) is 0 Å². The van der Waals surface area contributed by atoms with E-state index in [1.807, 2.05) is 24.3 Å². The lowest BCUT2D eigenvalue weighted by Gasteiger charge is -2.28. The van der Waals surface area contributed by atoms with E-state index in [0.717, 1.165) is 18.4 Å². The molecule has 1 unspecified atom stereocenters. The number of aromatic nitrogens is 3. The van der Waals surface area contributed by atoms with Crippen molar-refractivity contribution in [3.63, 3.8) is 0 Å². The lowest BCUT2D eigenvalue weighted by molar-refractivity contribution is -0.00776. The molecule has 0 aliphatic heterocycles. The van der Waals surface area contributed by atoms with Gasteiger partial charge in [0.25, 0.3) is 0 Å². The van der Waals surface area contributed by atoms with Crippen LogP contribution in [0.3, 0.4) is 0 Å². The van der Waals surface area contributed by atoms with Crippen LogP contribution in [0, 0.1) is 12.8 Å². The summed E-state index contributed by atoms with van der Waals surface area (Å²) >= 11 is 0. The van der Waals surface area contributed by atoms with Gasteiger partial charge in [-0.2, -0.15) is 5.10 Å². The Labute approximate surface area is 106 Å². The smallest absolute Gasteiger partial charge is 0.137 e. The molecule has 0 spiro atoms. The minimum Gasteiger partial charge on any atom is -0.383 e. The van der Waals surface area contributed by atoms with Crippen molar-refractivity contribution < 1.29 is 5.11 Å². The summed E-state index contributed by atoms with van der Waals surface area (Å²) in [5.74, 6) is 0.337. The minimum atomic E-state index is -0.818. The zero-order valence-corrected chi connectivity index (χ0v) is 10.5. The van der Waals surface area contributed by atoms with Crippen LogP contribution < -0.4 is 0 Å². The van der Waals surface area contributed by atoms with Gasteiger partial charge in [0, 0.05) is 0 Å². The average molecular weight is 243 g/mol. The maximum atomic E-state index is 11.0. The van der Waals surface area contributed by atoms with Gasteiger partial charge >= 0.3 is 0 Å². The van der Waals surface area contributed by atoms with Crippen molar-refractivity contribution >= 4 is 0 Å². The molecule has 1 fully saturated rings. The molecule has 1 heterocycles. The zero-order valence-electron chi connectivity index (χ0n) is 10.5. The van der Waals surface area contributed by atoms with E-state index in [1.165, 1.54) is 11.9 Å². The summed E-state index contributed by atoms with van der Waals surface area (Å²) in [5, 5.41) is 15.1. The van der Waals surface area contributed by atoms with Gasteiger partial charge < -0.3 is 5.11 Å². The second kappa shape index (κ2) is 4.21. The first-order valence-electron chi connectivity index (χ1n) is 6.30. The predicted octanol–water partition coefficient (Wildman–Crippen LogP) is 1.88. The van der Waals surface area contributed by atoms with Crippen LogP contribution in [0.5, 0.6) is 0 Å². The summed E-state index contributed by atoms with van der Waals surface area (Å²) in [6, 6.07) is 8.13. The molecular formula is C14H17N3O. The van der Waals surface area contributed by atoms with Crippen molar-refractivity contribution in [3.05, 3.63) is 48.0 Å². The highest BCUT2D eigenvalue weighted by Crippen LogP contribution is 2.46. The highest BCUT2D eigenvalue weighted by Gasteiger charge is 2.45. The Morgan fingerprint density at radius 3 is 2.61 bits per heavy atom. The standard InChI is InChI=1S/C14H17N3O/c1-11-2-4-12(5-3-11)14(18,13-6-7-13)8-17-10-15-9-16-17/h2-5,9-10,13,18H,6-8H2,1H3. The third-order valence-electron chi connectivity index (χ3n) is 3.67. The number of benzene rings is 1. The summed E-state index contributed by atoms with van der Waals surface area (Å²) in [7, 11) is 0. The van der Waals surface area contributed by atoms with Crippen LogP contribution in [0.4, 0.5) is 0 Å². The number of hydrogen-bond acceptors (Lipinski definition) is 3. The Morgan fingerprint density at radius 1 is 1.33 bits per heavy atom. The van der Waals surface area contributed by atoms with Gasteiger partial charge in [-0.3, -0.25) is 0 Å². The molecule has 1 aromatic carbocycles. The van der Waals surface area contributed by atoms with Gasteiger partial charge in [0.05, 0.1) is 6.54 Å². The first-order chi connectivity index (χ1) is 8.68. The van der Waals surface area contributed by atoms with E-state index in [2.05, 4.69) is 17.0 Å². The molecule has 18 heavy (non-hydrogen) atoms. The summed E-state index contributed by atoms with van der Waals surface area (Å²) in [5.41, 5.74) is 1.37. The molecule has 1 saturated carbocycles. The fourth-order valence-corrected chi connectivity index (χ4v) is 2.42. The van der Waals surface area contributed by atoms with Gasteiger partial charge in [-0.1, -0.05) is 29.8 Å². The topological polar surface area (TPSA) is 50.9 Å². The van der Waals surface area contributed by atoms with Crippen LogP contribution in [-0.4, -0.2) is 19.9 Å². The van der Waals surface area contributed by atoms with Crippen LogP contribution in [0.1, 0.15) is 24.0 Å². The van der Waals surface area contributed by atoms with Gasteiger partial charge in [-0.05, 0) is 31.2 Å². The SMILES string of the molecule is Cc1ccc(C(O)(Cn2cncn2)C2CC2)cc1. The number of rotatable bonds is 4. The molecule has 1 atom stereocenters. The first-order valence-corrected chi connectivity index (χ1v) is 6.30. The largest absolute Gasteiger partial charge is 0.383 e. The van der Waals surface area contributed by atoms with Gasteiger partial charge in [-0.25, -0.2) is 9.67 Å². The summed E-state index contributed by atoms with van der Waals surface area (Å²) in [6.45, 7) is 2.53. The summed E-state index contributed by atoms with van der Waals surface area (Å²) in [4.78, 5) is 3.93. The molecule has 1 aromatic heterocycles. The molecule has 4 heteroatoms. The first kappa shape index (κ1) is 11.4. The van der Waals surface area contributed by atoms with Crippen LogP contribution >= 0.6 is 0 Å². The van der Waals surface area contributed by atoms with E-state index in [0.29, 0.717) is 12.5 Å². The molecule has 3 rings (SSSR count). The molecular weight excluding hydrogens is 226 g/mol. The van der Waals surface area contributed by atoms with E-state index in [1.54, 1.807) is 11.0 Å². The van der Waals surface area contributed by atoms with E-state index in [-0.39, 0.29) is 0 Å². The molecule has 1 aliphatic rings. The Balaban J connectivity index is 1.93. The molecule has 0 bridgehead atoms. The lowest BCUT2D eigenvalue weighted by Crippen LogP contribution is -2.34. The van der Waals surface area contributed by atoms with Gasteiger partial charge in [0.15, 0.2) is 0 Å². The fraction of sp³-hybridized carbons (Fsp3) is 0.429. The molecule has 94 valence electrons. The third kappa shape index (κ3) is 2.04. The molecule has 4 nitrogen and oxygen atoms in total. The average Bonchev–Trinajstić information content (AvgIpc) is 3.11. The monoisotopic (exact) mass is 243 g/mol. The highest BCUT2D eigenvalue weighted by atomic mass is 16.3. The maximum Gasteiger partial charge on any atom is 0.137 e. The predicted molar refractivity (Wildman–Crippen MR) is 67.8 cm³/mol. The molecule has 1 N–H and O–H groups in total. The van der Waals surface area contributed by atoms with Crippen molar-refractivity contribution in [1.29, 1.82) is 0 Å². The Morgan fingerprint density at radius 2 is 2.06 bits per heavy atom. The minimum absolute atomic E-state index is 0.337. The van der Waals surface area contributed by atoms with E-state index >= 15 is 0 Å². The number of aryl methyl sites for hydroxylation is 1. The maximum absolute atomic E-state index is 11.0. The van der Waals surface area contributed by atoms with Crippen molar-refractivity contribution in [2.75, 3.05) is 0 Å². The number of hydrogen-bond donors (Lipinski definition) is 1. The molecule has 0 amide bonds. The number of nitrogens with zero attached hydrogens (tertiary/aromatic N) is 3. The normalized spacial score (nSPS) is 18.6. The molecule has 0 saturated heterocycles. The van der Waals surface area contributed by atoms with E-state index in [9.17, 15) is 5.11 Å². The van der Waals surface area contributed by atoms with Crippen molar-refractivity contribution in [1.82, 2.24) is 14.8 Å². The van der Waals surface area contributed by atoms with Crippen molar-refractivity contribution in [2.24, 2.45) is 5.92 Å². The molecule has 0 radical (unpaired) electrons. The van der Waals surface area contributed by atoms with Gasteiger partial charge in [0.1, 0.15) is 18.3 Å². The Bertz CT molecular complexity index is 516. The second-order valence-electron chi connectivity index (χ2n) is 5.16. The van der Waals surface area contributed by atoms with Crippen molar-refractivity contribution in [2.45, 2.75) is 31.9 Å². The second-order valence-corrected chi connectivity index (χ2v) is 5.16. The van der Waals surface area contributed by atoms with Crippen LogP contribution in [0.15, 0.2) is 36.9 Å². The quantitative estimate of drug-likeness (QED) is 0.892. The Kier molecular flexibility index (Phi) is 2.67. The highest BCUT2D eigenvalue weighted by molar-refractivity contribution is 5.28. The van der Waals surface area contributed by atoms with Gasteiger partial charge in [-0.15, -0.1) is 0 Å². The summed E-state index contributed by atoms with van der Waals surface area (Å²) < 4.78 is 1.71. The zero-order chi connectivity index (χ0) is 12.6. The molecule has 2 aromatic rings. The lowest BCUT2D eigenvalue weighted by atomic mass is 9.88. The number of aliphatic hydroxyl groups is 1. The third-order valence-corrected chi connectivity index (χ3v) is 3.67. The fourth-order valence-electron chi connectivity index (χ4n) is 2.42. The van der Waals surface area contributed by atoms with E-state index in [4.69, 9.17) is 0 Å². The van der Waals surface area contributed by atoms with Crippen molar-refractivity contribution in [3.8, 4) is 0 Å². The summed E-state index contributed by atoms with van der Waals surface area (Å²) in [6.07, 6.45) is 5.32. The van der Waals surface area contributed by atoms with E-state index < -0.39 is 5.60 Å². The van der Waals surface area contributed by atoms with Gasteiger partial charge in [0.2, 0.25) is 0 Å². The molecule has 1 aliphatic carbocycles. The van der Waals surface area contributed by atoms with Crippen LogP contribution in [0.2, 0.25) is 0 Å². The van der Waals surface area contributed by atoms with Crippen LogP contribution in [-0.2, 0) is 12.1 Å². The Hall–Kier alpha value is -1.68.